The van der Waals surface area contributed by atoms with Crippen molar-refractivity contribution in [2.45, 2.75) is 39.2 Å². The van der Waals surface area contributed by atoms with E-state index in [-0.39, 0.29) is 6.04 Å². The zero-order valence-corrected chi connectivity index (χ0v) is 11.7. The summed E-state index contributed by atoms with van der Waals surface area (Å²) in [7, 11) is 0. The Hall–Kier alpha value is -1.20. The molecule has 18 heavy (non-hydrogen) atoms. The molecule has 0 aliphatic rings. The van der Waals surface area contributed by atoms with Gasteiger partial charge in [0.1, 0.15) is 0 Å². The van der Waals surface area contributed by atoms with Crippen LogP contribution in [0.3, 0.4) is 0 Å². The predicted octanol–water partition coefficient (Wildman–Crippen LogP) is 2.98. The van der Waals surface area contributed by atoms with Crippen LogP contribution < -0.4 is 5.32 Å². The summed E-state index contributed by atoms with van der Waals surface area (Å²) in [5.74, 6) is 0. The van der Waals surface area contributed by atoms with Gasteiger partial charge in [0.15, 0.2) is 0 Å². The van der Waals surface area contributed by atoms with Crippen molar-refractivity contribution in [3.05, 3.63) is 34.7 Å². The maximum atomic E-state index is 5.14. The predicted molar refractivity (Wildman–Crippen MR) is 72.7 cm³/mol. The van der Waals surface area contributed by atoms with Gasteiger partial charge in [-0.1, -0.05) is 18.3 Å². The lowest BCUT2D eigenvalue weighted by atomic mass is 10.1. The van der Waals surface area contributed by atoms with Gasteiger partial charge < -0.3 is 9.73 Å². The van der Waals surface area contributed by atoms with Gasteiger partial charge in [-0.05, 0) is 49.0 Å². The monoisotopic (exact) mass is 265 g/mol. The Morgan fingerprint density at radius 3 is 3.00 bits per heavy atom. The first-order chi connectivity index (χ1) is 8.85. The molecule has 98 valence electrons. The number of hydrogen-bond acceptors (Lipinski definition) is 5. The van der Waals surface area contributed by atoms with E-state index in [1.807, 2.05) is 6.07 Å². The number of hydrogen-bond donors (Lipinski definition) is 1. The third-order valence-corrected chi connectivity index (χ3v) is 3.78. The molecule has 0 radical (unpaired) electrons. The topological polar surface area (TPSA) is 51.0 Å². The molecule has 0 aliphatic heterocycles. The molecule has 1 atom stereocenters. The second-order valence-corrected chi connectivity index (χ2v) is 5.07. The van der Waals surface area contributed by atoms with Gasteiger partial charge in [0.2, 0.25) is 0 Å². The highest BCUT2D eigenvalue weighted by molar-refractivity contribution is 7.05. The van der Waals surface area contributed by atoms with E-state index in [2.05, 4.69) is 28.8 Å². The Morgan fingerprint density at radius 1 is 1.44 bits per heavy atom. The summed E-state index contributed by atoms with van der Waals surface area (Å²) >= 11 is 1.50. The van der Waals surface area contributed by atoms with Crippen LogP contribution in [0.15, 0.2) is 23.0 Å². The molecule has 2 rings (SSSR count). The van der Waals surface area contributed by atoms with E-state index in [0.29, 0.717) is 0 Å². The molecule has 0 saturated heterocycles. The van der Waals surface area contributed by atoms with Crippen LogP contribution in [0.5, 0.6) is 0 Å². The van der Waals surface area contributed by atoms with Crippen LogP contribution in [-0.2, 0) is 12.8 Å². The molecule has 0 spiro atoms. The Bertz CT molecular complexity index is 453. The average Bonchev–Trinajstić information content (AvgIpc) is 3.04. The Kier molecular flexibility index (Phi) is 4.90. The van der Waals surface area contributed by atoms with Gasteiger partial charge in [-0.2, -0.15) is 0 Å². The highest BCUT2D eigenvalue weighted by Gasteiger charge is 2.18. The molecule has 0 aliphatic carbocycles. The van der Waals surface area contributed by atoms with Gasteiger partial charge in [0.05, 0.1) is 23.1 Å². The van der Waals surface area contributed by atoms with Gasteiger partial charge in [0.25, 0.3) is 0 Å². The molecular formula is C13H19N3OS. The summed E-state index contributed by atoms with van der Waals surface area (Å²) in [6.45, 7) is 5.30. The second kappa shape index (κ2) is 6.66. The van der Waals surface area contributed by atoms with Gasteiger partial charge in [-0.25, -0.2) is 0 Å². The molecule has 0 bridgehead atoms. The van der Waals surface area contributed by atoms with Gasteiger partial charge in [0, 0.05) is 6.04 Å². The molecule has 2 aromatic heterocycles. The van der Waals surface area contributed by atoms with E-state index in [4.69, 9.17) is 4.42 Å². The van der Waals surface area contributed by atoms with Crippen LogP contribution in [0, 0.1) is 0 Å². The summed E-state index contributed by atoms with van der Waals surface area (Å²) in [6.07, 6.45) is 6.50. The molecule has 0 fully saturated rings. The SMILES string of the molecule is CCCNC(Cc1ccoc1)c1snnc1CC. The van der Waals surface area contributed by atoms with Crippen molar-refractivity contribution in [1.82, 2.24) is 14.9 Å². The second-order valence-electron chi connectivity index (χ2n) is 4.28. The molecular weight excluding hydrogens is 246 g/mol. The summed E-state index contributed by atoms with van der Waals surface area (Å²) in [5.41, 5.74) is 2.32. The molecule has 4 nitrogen and oxygen atoms in total. The van der Waals surface area contributed by atoms with E-state index < -0.39 is 0 Å². The number of rotatable bonds is 7. The molecule has 5 heteroatoms. The van der Waals surface area contributed by atoms with E-state index in [9.17, 15) is 0 Å². The Balaban J connectivity index is 2.14. The van der Waals surface area contributed by atoms with Crippen molar-refractivity contribution in [3.63, 3.8) is 0 Å². The van der Waals surface area contributed by atoms with E-state index in [1.54, 1.807) is 12.5 Å². The lowest BCUT2D eigenvalue weighted by Crippen LogP contribution is -2.24. The Morgan fingerprint density at radius 2 is 2.33 bits per heavy atom. The first kappa shape index (κ1) is 13.2. The fourth-order valence-electron chi connectivity index (χ4n) is 1.95. The Labute approximate surface area is 112 Å². The van der Waals surface area contributed by atoms with Gasteiger partial charge in [-0.15, -0.1) is 5.10 Å². The summed E-state index contributed by atoms with van der Waals surface area (Å²) in [5, 5.41) is 7.77. The summed E-state index contributed by atoms with van der Waals surface area (Å²) in [6, 6.07) is 2.30. The number of furan rings is 1. The number of aryl methyl sites for hydroxylation is 1. The number of aromatic nitrogens is 2. The average molecular weight is 265 g/mol. The largest absolute Gasteiger partial charge is 0.472 e. The van der Waals surface area contributed by atoms with E-state index >= 15 is 0 Å². The lowest BCUT2D eigenvalue weighted by molar-refractivity contribution is 0.523. The lowest BCUT2D eigenvalue weighted by Gasteiger charge is -2.16. The van der Waals surface area contributed by atoms with Crippen molar-refractivity contribution in [2.75, 3.05) is 6.54 Å². The molecule has 2 heterocycles. The maximum absolute atomic E-state index is 5.14. The highest BCUT2D eigenvalue weighted by Crippen LogP contribution is 2.24. The third-order valence-electron chi connectivity index (χ3n) is 2.90. The molecule has 0 aromatic carbocycles. The third kappa shape index (κ3) is 3.17. The quantitative estimate of drug-likeness (QED) is 0.836. The van der Waals surface area contributed by atoms with Crippen LogP contribution in [-0.4, -0.2) is 16.1 Å². The smallest absolute Gasteiger partial charge is 0.0935 e. The zero-order valence-electron chi connectivity index (χ0n) is 10.8. The standard InChI is InChI=1S/C13H19N3OS/c1-3-6-14-12(8-10-5-7-17-9-10)13-11(4-2)15-16-18-13/h5,7,9,12,14H,3-4,6,8H2,1-2H3. The highest BCUT2D eigenvalue weighted by atomic mass is 32.1. The zero-order chi connectivity index (χ0) is 12.8. The van der Waals surface area contributed by atoms with Crippen molar-refractivity contribution >= 4 is 11.5 Å². The van der Waals surface area contributed by atoms with Crippen LogP contribution in [0.4, 0.5) is 0 Å². The minimum atomic E-state index is 0.289. The minimum Gasteiger partial charge on any atom is -0.472 e. The van der Waals surface area contributed by atoms with Crippen molar-refractivity contribution < 1.29 is 4.42 Å². The van der Waals surface area contributed by atoms with E-state index in [1.165, 1.54) is 22.0 Å². The van der Waals surface area contributed by atoms with Gasteiger partial charge in [-0.3, -0.25) is 0 Å². The molecule has 2 aromatic rings. The van der Waals surface area contributed by atoms with Crippen LogP contribution in [0.2, 0.25) is 0 Å². The van der Waals surface area contributed by atoms with Crippen molar-refractivity contribution in [3.8, 4) is 0 Å². The van der Waals surface area contributed by atoms with Gasteiger partial charge >= 0.3 is 0 Å². The van der Waals surface area contributed by atoms with Crippen molar-refractivity contribution in [2.24, 2.45) is 0 Å². The molecule has 0 saturated carbocycles. The maximum Gasteiger partial charge on any atom is 0.0935 e. The number of nitrogens with one attached hydrogen (secondary N) is 1. The number of nitrogens with zero attached hydrogens (tertiary/aromatic N) is 2. The fraction of sp³-hybridized carbons (Fsp3) is 0.538. The van der Waals surface area contributed by atoms with Crippen LogP contribution in [0.1, 0.15) is 42.4 Å². The molecule has 0 amide bonds. The molecule has 1 N–H and O–H groups in total. The normalized spacial score (nSPS) is 12.8. The van der Waals surface area contributed by atoms with Crippen LogP contribution in [0.25, 0.3) is 0 Å². The summed E-state index contributed by atoms with van der Waals surface area (Å²) < 4.78 is 9.22. The first-order valence-electron chi connectivity index (χ1n) is 6.40. The summed E-state index contributed by atoms with van der Waals surface area (Å²) in [4.78, 5) is 1.26. The van der Waals surface area contributed by atoms with E-state index in [0.717, 1.165) is 31.5 Å². The minimum absolute atomic E-state index is 0.289. The fourth-order valence-corrected chi connectivity index (χ4v) is 2.76. The molecule has 1 unspecified atom stereocenters. The van der Waals surface area contributed by atoms with Crippen LogP contribution >= 0.6 is 11.5 Å². The first-order valence-corrected chi connectivity index (χ1v) is 7.18. The van der Waals surface area contributed by atoms with Crippen molar-refractivity contribution in [1.29, 1.82) is 0 Å².